The van der Waals surface area contributed by atoms with E-state index in [0.717, 1.165) is 0 Å². The number of halogens is 1. The van der Waals surface area contributed by atoms with Gasteiger partial charge in [-0.3, -0.25) is 0 Å². The Labute approximate surface area is 86.0 Å². The molecule has 14 heavy (non-hydrogen) atoms. The van der Waals surface area contributed by atoms with Gasteiger partial charge in [0, 0.05) is 0 Å². The Balaban J connectivity index is 0. The summed E-state index contributed by atoms with van der Waals surface area (Å²) in [4.78, 5) is 2.25. The molecule has 0 radical (unpaired) electrons. The van der Waals surface area contributed by atoms with Crippen LogP contribution in [0, 0.1) is 0 Å². The Hall–Kier alpha value is -0.165. The highest BCUT2D eigenvalue weighted by Gasteiger charge is 2.16. The first-order valence-corrected chi connectivity index (χ1v) is 4.98. The second kappa shape index (κ2) is 9.39. The molecule has 0 bridgehead atoms. The SMILES string of the molecule is CC[N+](CC)(CC)CC.[O-]B(O)OF. The summed E-state index contributed by atoms with van der Waals surface area (Å²) in [6.45, 7) is 14.2. The first-order chi connectivity index (χ1) is 6.51. The summed E-state index contributed by atoms with van der Waals surface area (Å²) in [6, 6.07) is 0. The van der Waals surface area contributed by atoms with Gasteiger partial charge in [0.15, 0.2) is 0 Å². The molecule has 0 unspecified atom stereocenters. The molecule has 0 saturated carbocycles. The maximum Gasteiger partial charge on any atom is 0.394 e. The highest BCUT2D eigenvalue weighted by Crippen LogP contribution is 2.03. The Morgan fingerprint density at radius 3 is 1.36 bits per heavy atom. The van der Waals surface area contributed by atoms with Crippen LogP contribution in [0.1, 0.15) is 27.7 Å². The van der Waals surface area contributed by atoms with Crippen molar-refractivity contribution >= 4 is 7.32 Å². The van der Waals surface area contributed by atoms with Crippen LogP contribution >= 0.6 is 0 Å². The zero-order chi connectivity index (χ0) is 11.6. The van der Waals surface area contributed by atoms with Crippen LogP contribution < -0.4 is 5.02 Å². The lowest BCUT2D eigenvalue weighted by molar-refractivity contribution is -0.921. The number of nitrogens with zero attached hydrogens (tertiary/aromatic N) is 1. The standard InChI is InChI=1S/C8H20N.BFHO3/c1-5-9(6-2,7-3)8-4;2-5-1(3)4/h5-8H2,1-4H3;3H/q+1;-1. The van der Waals surface area contributed by atoms with E-state index in [0.29, 0.717) is 0 Å². The van der Waals surface area contributed by atoms with E-state index in [1.807, 2.05) is 0 Å². The Bertz CT molecular complexity index is 106. The molecule has 0 spiro atoms. The van der Waals surface area contributed by atoms with Crippen LogP contribution in [0.3, 0.4) is 0 Å². The molecule has 86 valence electrons. The summed E-state index contributed by atoms with van der Waals surface area (Å²) in [6.07, 6.45) is 0. The molecule has 0 aromatic heterocycles. The third-order valence-corrected chi connectivity index (χ3v) is 2.76. The van der Waals surface area contributed by atoms with Crippen molar-refractivity contribution in [3.05, 3.63) is 0 Å². The van der Waals surface area contributed by atoms with E-state index < -0.39 is 7.32 Å². The zero-order valence-electron chi connectivity index (χ0n) is 9.49. The van der Waals surface area contributed by atoms with E-state index in [1.54, 1.807) is 0 Å². The lowest BCUT2D eigenvalue weighted by Crippen LogP contribution is -2.47. The second-order valence-corrected chi connectivity index (χ2v) is 3.00. The highest BCUT2D eigenvalue weighted by atomic mass is 19.3. The van der Waals surface area contributed by atoms with Gasteiger partial charge in [-0.15, -0.1) is 0 Å². The predicted molar refractivity (Wildman–Crippen MR) is 52.6 cm³/mol. The molecule has 0 aliphatic carbocycles. The molecule has 0 heterocycles. The summed E-state index contributed by atoms with van der Waals surface area (Å²) >= 11 is 0. The van der Waals surface area contributed by atoms with E-state index >= 15 is 0 Å². The minimum atomic E-state index is -2.53. The van der Waals surface area contributed by atoms with Crippen LogP contribution in [0.4, 0.5) is 4.53 Å². The molecule has 0 aliphatic heterocycles. The average Bonchev–Trinajstić information content (AvgIpc) is 2.23. The molecule has 1 N–H and O–H groups in total. The van der Waals surface area contributed by atoms with Crippen molar-refractivity contribution in [2.45, 2.75) is 27.7 Å². The van der Waals surface area contributed by atoms with Gasteiger partial charge >= 0.3 is 7.32 Å². The molecular formula is C8H21BFNO3. The average molecular weight is 209 g/mol. The van der Waals surface area contributed by atoms with Crippen molar-refractivity contribution in [1.29, 1.82) is 0 Å². The molecular weight excluding hydrogens is 188 g/mol. The van der Waals surface area contributed by atoms with Crippen molar-refractivity contribution in [1.82, 2.24) is 0 Å². The van der Waals surface area contributed by atoms with E-state index in [9.17, 15) is 4.53 Å². The molecule has 0 aliphatic rings. The van der Waals surface area contributed by atoms with Crippen LogP contribution in [0.15, 0.2) is 0 Å². The Morgan fingerprint density at radius 1 is 1.14 bits per heavy atom. The van der Waals surface area contributed by atoms with E-state index in [-0.39, 0.29) is 0 Å². The summed E-state index contributed by atoms with van der Waals surface area (Å²) in [5.41, 5.74) is 0. The van der Waals surface area contributed by atoms with E-state index in [4.69, 9.17) is 10.0 Å². The smallest absolute Gasteiger partial charge is 0.394 e. The minimum Gasteiger partial charge on any atom is -0.830 e. The van der Waals surface area contributed by atoms with Crippen LogP contribution in [0.25, 0.3) is 0 Å². The van der Waals surface area contributed by atoms with Gasteiger partial charge in [0.25, 0.3) is 0 Å². The van der Waals surface area contributed by atoms with Gasteiger partial charge in [0.1, 0.15) is 0 Å². The monoisotopic (exact) mass is 209 g/mol. The molecule has 0 aromatic rings. The van der Waals surface area contributed by atoms with Crippen molar-refractivity contribution in [2.24, 2.45) is 0 Å². The molecule has 0 saturated heterocycles. The first kappa shape index (κ1) is 16.3. The molecule has 0 atom stereocenters. The molecule has 4 nitrogen and oxygen atoms in total. The summed E-state index contributed by atoms with van der Waals surface area (Å²) in [7, 11) is -2.53. The van der Waals surface area contributed by atoms with Crippen LogP contribution in [0.5, 0.6) is 0 Å². The highest BCUT2D eigenvalue weighted by molar-refractivity contribution is 6.30. The third-order valence-electron chi connectivity index (χ3n) is 2.76. The van der Waals surface area contributed by atoms with Crippen LogP contribution in [0.2, 0.25) is 0 Å². The molecule has 0 rings (SSSR count). The predicted octanol–water partition coefficient (Wildman–Crippen LogP) is 0.108. The maximum atomic E-state index is 10.1. The van der Waals surface area contributed by atoms with Gasteiger partial charge < -0.3 is 14.5 Å². The molecule has 6 heteroatoms. The Kier molecular flexibility index (Phi) is 10.9. The normalized spacial score (nSPS) is 10.5. The number of rotatable bonds is 5. The topological polar surface area (TPSA) is 52.5 Å². The van der Waals surface area contributed by atoms with Gasteiger partial charge in [-0.05, 0) is 27.7 Å². The van der Waals surface area contributed by atoms with Crippen LogP contribution in [-0.4, -0.2) is 43.0 Å². The van der Waals surface area contributed by atoms with Crippen molar-refractivity contribution in [3.63, 3.8) is 0 Å². The number of hydrogen-bond acceptors (Lipinski definition) is 3. The van der Waals surface area contributed by atoms with Gasteiger partial charge in [0.2, 0.25) is 0 Å². The second-order valence-electron chi connectivity index (χ2n) is 3.00. The van der Waals surface area contributed by atoms with E-state index in [1.165, 1.54) is 30.7 Å². The lowest BCUT2D eigenvalue weighted by Gasteiger charge is -2.34. The largest absolute Gasteiger partial charge is 0.830 e. The number of hydrogen-bond donors (Lipinski definition) is 1. The maximum absolute atomic E-state index is 10.1. The molecule has 0 fully saturated rings. The lowest BCUT2D eigenvalue weighted by atomic mass is 10.3. The van der Waals surface area contributed by atoms with Crippen molar-refractivity contribution in [3.8, 4) is 0 Å². The van der Waals surface area contributed by atoms with Gasteiger partial charge in [0.05, 0.1) is 26.2 Å². The fourth-order valence-electron chi connectivity index (χ4n) is 1.34. The molecule has 0 amide bonds. The summed E-state index contributed by atoms with van der Waals surface area (Å²) in [5, 5.41) is 16.1. The van der Waals surface area contributed by atoms with E-state index in [2.05, 4.69) is 32.6 Å². The van der Waals surface area contributed by atoms with Gasteiger partial charge in [-0.1, -0.05) is 4.53 Å². The number of quaternary nitrogens is 1. The zero-order valence-corrected chi connectivity index (χ0v) is 9.49. The Morgan fingerprint density at radius 2 is 1.36 bits per heavy atom. The summed E-state index contributed by atoms with van der Waals surface area (Å²) in [5.74, 6) is 0. The fourth-order valence-corrected chi connectivity index (χ4v) is 1.34. The fraction of sp³-hybridized carbons (Fsp3) is 1.00. The third kappa shape index (κ3) is 7.26. The summed E-state index contributed by atoms with van der Waals surface area (Å²) < 4.78 is 11.3. The van der Waals surface area contributed by atoms with Crippen molar-refractivity contribution in [2.75, 3.05) is 26.2 Å². The van der Waals surface area contributed by atoms with Gasteiger partial charge in [-0.25, -0.2) is 4.86 Å². The van der Waals surface area contributed by atoms with Crippen molar-refractivity contribution < 1.29 is 23.9 Å². The first-order valence-electron chi connectivity index (χ1n) is 4.98. The minimum absolute atomic E-state index is 1.28. The van der Waals surface area contributed by atoms with Gasteiger partial charge in [-0.2, -0.15) is 0 Å². The molecule has 0 aromatic carbocycles. The quantitative estimate of drug-likeness (QED) is 0.516. The van der Waals surface area contributed by atoms with Crippen LogP contribution in [-0.2, 0) is 4.86 Å².